The SMILES string of the molecule is Cc1cc(-c2ccccc2)cc(C(=O)NNS(=O)(=O)CC2CCCN(C(=O)C(C)C)C2)c1F. The molecule has 3 rings (SSSR count). The third-order valence-electron chi connectivity index (χ3n) is 5.71. The number of halogens is 1. The monoisotopic (exact) mass is 475 g/mol. The van der Waals surface area contributed by atoms with Gasteiger partial charge in [0.15, 0.2) is 0 Å². The highest BCUT2D eigenvalue weighted by Gasteiger charge is 2.29. The molecular weight excluding hydrogens is 445 g/mol. The maximum atomic E-state index is 14.6. The normalized spacial score (nSPS) is 16.6. The smallest absolute Gasteiger partial charge is 0.269 e. The Morgan fingerprint density at radius 2 is 1.85 bits per heavy atom. The van der Waals surface area contributed by atoms with Crippen LogP contribution >= 0.6 is 0 Å². The molecule has 1 unspecified atom stereocenters. The zero-order valence-corrected chi connectivity index (χ0v) is 19.9. The van der Waals surface area contributed by atoms with E-state index in [4.69, 9.17) is 0 Å². The van der Waals surface area contributed by atoms with Crippen molar-refractivity contribution in [2.75, 3.05) is 18.8 Å². The van der Waals surface area contributed by atoms with Crippen molar-refractivity contribution < 1.29 is 22.4 Å². The molecule has 1 fully saturated rings. The molecule has 2 aromatic carbocycles. The van der Waals surface area contributed by atoms with Crippen LogP contribution in [0.15, 0.2) is 42.5 Å². The second-order valence-corrected chi connectivity index (χ2v) is 10.6. The Balaban J connectivity index is 1.66. The van der Waals surface area contributed by atoms with Crippen molar-refractivity contribution in [1.29, 1.82) is 0 Å². The summed E-state index contributed by atoms with van der Waals surface area (Å²) in [6.45, 7) is 6.16. The molecule has 0 saturated carbocycles. The van der Waals surface area contributed by atoms with Gasteiger partial charge in [0, 0.05) is 19.0 Å². The minimum absolute atomic E-state index is 0.00232. The molecule has 0 spiro atoms. The topological polar surface area (TPSA) is 95.6 Å². The van der Waals surface area contributed by atoms with Crippen molar-refractivity contribution in [3.05, 3.63) is 59.4 Å². The summed E-state index contributed by atoms with van der Waals surface area (Å²) in [6, 6.07) is 12.2. The molecule has 2 amide bonds. The molecule has 2 N–H and O–H groups in total. The first kappa shape index (κ1) is 24.9. The van der Waals surface area contributed by atoms with Crippen molar-refractivity contribution in [2.45, 2.75) is 33.6 Å². The molecule has 0 bridgehead atoms. The molecule has 1 aliphatic rings. The van der Waals surface area contributed by atoms with Crippen LogP contribution in [0.25, 0.3) is 11.1 Å². The quantitative estimate of drug-likeness (QED) is 0.601. The second kappa shape index (κ2) is 10.4. The van der Waals surface area contributed by atoms with Crippen molar-refractivity contribution in [3.8, 4) is 11.1 Å². The van der Waals surface area contributed by atoms with Gasteiger partial charge in [0.1, 0.15) is 5.82 Å². The molecule has 0 aromatic heterocycles. The highest BCUT2D eigenvalue weighted by atomic mass is 32.2. The Hall–Kier alpha value is -2.78. The van der Waals surface area contributed by atoms with E-state index in [9.17, 15) is 22.4 Å². The van der Waals surface area contributed by atoms with Crippen LogP contribution in [0, 0.1) is 24.6 Å². The molecule has 2 aromatic rings. The number of benzene rings is 2. The van der Waals surface area contributed by atoms with Crippen LogP contribution in [-0.4, -0.2) is 44.0 Å². The standard InChI is InChI=1S/C24H30FN3O4S/c1-16(2)24(30)28-11-7-8-18(14-28)15-33(31,32)27-26-23(29)21-13-20(12-17(3)22(21)25)19-9-5-4-6-10-19/h4-6,9-10,12-13,16,18,27H,7-8,11,14-15H2,1-3H3,(H,26,29). The molecular formula is C24H30FN3O4S. The largest absolute Gasteiger partial charge is 0.342 e. The number of carbonyl (C=O) groups is 2. The lowest BCUT2D eigenvalue weighted by Crippen LogP contribution is -2.47. The summed E-state index contributed by atoms with van der Waals surface area (Å²) in [6.07, 6.45) is 1.39. The average Bonchev–Trinajstić information content (AvgIpc) is 2.79. The van der Waals surface area contributed by atoms with Crippen molar-refractivity contribution in [1.82, 2.24) is 15.2 Å². The fraction of sp³-hybridized carbons (Fsp3) is 0.417. The molecule has 0 aliphatic carbocycles. The second-order valence-electron chi connectivity index (χ2n) is 8.81. The highest BCUT2D eigenvalue weighted by Crippen LogP contribution is 2.25. The van der Waals surface area contributed by atoms with Crippen LogP contribution in [0.2, 0.25) is 0 Å². The number of hydrogen-bond acceptors (Lipinski definition) is 4. The van der Waals surface area contributed by atoms with E-state index in [-0.39, 0.29) is 34.6 Å². The Kier molecular flexibility index (Phi) is 7.86. The number of aryl methyl sites for hydroxylation is 1. The molecule has 1 aliphatic heterocycles. The lowest BCUT2D eigenvalue weighted by molar-refractivity contribution is -0.136. The van der Waals surface area contributed by atoms with E-state index in [2.05, 4.69) is 10.3 Å². The third kappa shape index (κ3) is 6.39. The van der Waals surface area contributed by atoms with Crippen molar-refractivity contribution in [3.63, 3.8) is 0 Å². The van der Waals surface area contributed by atoms with Gasteiger partial charge in [-0.2, -0.15) is 0 Å². The first-order chi connectivity index (χ1) is 15.6. The summed E-state index contributed by atoms with van der Waals surface area (Å²) in [5.74, 6) is -2.21. The van der Waals surface area contributed by atoms with E-state index in [1.807, 2.05) is 44.2 Å². The number of sulfonamides is 1. The maximum absolute atomic E-state index is 14.6. The Morgan fingerprint density at radius 3 is 2.52 bits per heavy atom. The molecule has 9 heteroatoms. The number of nitrogens with one attached hydrogen (secondary N) is 2. The summed E-state index contributed by atoms with van der Waals surface area (Å²) >= 11 is 0. The summed E-state index contributed by atoms with van der Waals surface area (Å²) in [5, 5.41) is 0. The summed E-state index contributed by atoms with van der Waals surface area (Å²) in [4.78, 5) is 28.6. The third-order valence-corrected chi connectivity index (χ3v) is 7.03. The van der Waals surface area contributed by atoms with Gasteiger partial charge in [-0.25, -0.2) is 12.8 Å². The van der Waals surface area contributed by atoms with Crippen molar-refractivity contribution >= 4 is 21.8 Å². The number of likely N-dealkylation sites (tertiary alicyclic amines) is 1. The van der Waals surface area contributed by atoms with Crippen LogP contribution in [0.3, 0.4) is 0 Å². The molecule has 0 radical (unpaired) electrons. The molecule has 33 heavy (non-hydrogen) atoms. The van der Waals surface area contributed by atoms with E-state index < -0.39 is 21.7 Å². The van der Waals surface area contributed by atoms with Gasteiger partial charge in [-0.3, -0.25) is 15.0 Å². The van der Waals surface area contributed by atoms with Gasteiger partial charge in [0.25, 0.3) is 5.91 Å². The highest BCUT2D eigenvalue weighted by molar-refractivity contribution is 7.89. The summed E-state index contributed by atoms with van der Waals surface area (Å²) < 4.78 is 39.8. The summed E-state index contributed by atoms with van der Waals surface area (Å²) in [5.41, 5.74) is 3.63. The lowest BCUT2D eigenvalue weighted by atomic mass is 9.99. The van der Waals surface area contributed by atoms with Gasteiger partial charge in [-0.05, 0) is 54.5 Å². The predicted molar refractivity (Wildman–Crippen MR) is 125 cm³/mol. The molecule has 1 heterocycles. The van der Waals surface area contributed by atoms with Gasteiger partial charge in [-0.1, -0.05) is 44.2 Å². The Morgan fingerprint density at radius 1 is 1.15 bits per heavy atom. The van der Waals surface area contributed by atoms with E-state index in [0.29, 0.717) is 25.1 Å². The fourth-order valence-electron chi connectivity index (χ4n) is 4.04. The van der Waals surface area contributed by atoms with Gasteiger partial charge in [-0.15, -0.1) is 4.83 Å². The van der Waals surface area contributed by atoms with Gasteiger partial charge >= 0.3 is 0 Å². The molecule has 7 nitrogen and oxygen atoms in total. The van der Waals surface area contributed by atoms with E-state index in [1.165, 1.54) is 6.07 Å². The number of carbonyl (C=O) groups excluding carboxylic acids is 2. The molecule has 1 atom stereocenters. The Labute approximate surface area is 194 Å². The van der Waals surface area contributed by atoms with Gasteiger partial charge < -0.3 is 4.90 Å². The van der Waals surface area contributed by atoms with Crippen LogP contribution in [0.4, 0.5) is 4.39 Å². The van der Waals surface area contributed by atoms with E-state index in [0.717, 1.165) is 12.0 Å². The van der Waals surface area contributed by atoms with Crippen molar-refractivity contribution in [2.24, 2.45) is 11.8 Å². The van der Waals surface area contributed by atoms with Crippen LogP contribution in [0.5, 0.6) is 0 Å². The molecule has 1 saturated heterocycles. The number of hydrogen-bond donors (Lipinski definition) is 2. The van der Waals surface area contributed by atoms with Crippen LogP contribution < -0.4 is 10.3 Å². The lowest BCUT2D eigenvalue weighted by Gasteiger charge is -2.33. The van der Waals surface area contributed by atoms with E-state index >= 15 is 0 Å². The molecule has 178 valence electrons. The predicted octanol–water partition coefficient (Wildman–Crippen LogP) is 3.26. The Bertz CT molecular complexity index is 1120. The van der Waals surface area contributed by atoms with Crippen LogP contribution in [0.1, 0.15) is 42.6 Å². The first-order valence-electron chi connectivity index (χ1n) is 11.0. The minimum Gasteiger partial charge on any atom is -0.342 e. The van der Waals surface area contributed by atoms with Crippen LogP contribution in [-0.2, 0) is 14.8 Å². The maximum Gasteiger partial charge on any atom is 0.269 e. The summed E-state index contributed by atoms with van der Waals surface area (Å²) in [7, 11) is -3.88. The van der Waals surface area contributed by atoms with Gasteiger partial charge in [0.2, 0.25) is 15.9 Å². The number of nitrogens with zero attached hydrogens (tertiary/aromatic N) is 1. The minimum atomic E-state index is -3.88. The van der Waals surface area contributed by atoms with Gasteiger partial charge in [0.05, 0.1) is 11.3 Å². The zero-order valence-electron chi connectivity index (χ0n) is 19.1. The number of rotatable bonds is 7. The number of amides is 2. The number of piperidine rings is 1. The van der Waals surface area contributed by atoms with E-state index in [1.54, 1.807) is 17.9 Å². The zero-order chi connectivity index (χ0) is 24.2. The fourth-order valence-corrected chi connectivity index (χ4v) is 5.27. The number of hydrazine groups is 1. The first-order valence-corrected chi connectivity index (χ1v) is 12.7. The average molecular weight is 476 g/mol.